The van der Waals surface area contributed by atoms with E-state index in [-0.39, 0.29) is 39.4 Å². The first kappa shape index (κ1) is 34.1. The van der Waals surface area contributed by atoms with Crippen LogP contribution in [0.4, 0.5) is 0 Å². The van der Waals surface area contributed by atoms with E-state index >= 15 is 0 Å². The summed E-state index contributed by atoms with van der Waals surface area (Å²) in [6.07, 6.45) is 8.27. The van der Waals surface area contributed by atoms with Gasteiger partial charge < -0.3 is 19.1 Å². The lowest BCUT2D eigenvalue weighted by Crippen LogP contribution is -2.46. The fourth-order valence-corrected chi connectivity index (χ4v) is 8.27. The van der Waals surface area contributed by atoms with Crippen LogP contribution in [0.1, 0.15) is 75.1 Å². The van der Waals surface area contributed by atoms with Gasteiger partial charge in [0, 0.05) is 17.2 Å². The number of carbonyl (C=O) groups is 1. The fraction of sp³-hybridized carbons (Fsp3) is 0.351. The normalized spacial score (nSPS) is 20.1. The van der Waals surface area contributed by atoms with Crippen molar-refractivity contribution in [2.45, 2.75) is 87.0 Å². The number of carbonyl (C=O) groups excluding carboxylic acids is 1. The molecule has 5 rings (SSSR count). The van der Waals surface area contributed by atoms with E-state index in [9.17, 15) is 23.4 Å². The fourth-order valence-electron chi connectivity index (χ4n) is 6.04. The van der Waals surface area contributed by atoms with E-state index in [1.54, 1.807) is 31.2 Å². The molecule has 1 heterocycles. The zero-order valence-electron chi connectivity index (χ0n) is 26.9. The van der Waals surface area contributed by atoms with E-state index in [0.717, 1.165) is 42.2 Å². The zero-order valence-corrected chi connectivity index (χ0v) is 28.6. The van der Waals surface area contributed by atoms with Gasteiger partial charge in [0.2, 0.25) is 0 Å². The smallest absolute Gasteiger partial charge is 0.349 e. The summed E-state index contributed by atoms with van der Waals surface area (Å²) in [5, 5.41) is 30.3. The first-order chi connectivity index (χ1) is 22.2. The van der Waals surface area contributed by atoms with Gasteiger partial charge in [-0.15, -0.1) is 0 Å². The molecule has 2 aliphatic rings. The molecule has 0 amide bonds. The van der Waals surface area contributed by atoms with Crippen LogP contribution < -0.4 is 4.18 Å². The Bertz CT molecular complexity index is 1870. The van der Waals surface area contributed by atoms with Crippen LogP contribution in [0.25, 0.3) is 0 Å². The molecule has 246 valence electrons. The molecule has 0 fully saturated rings. The predicted octanol–water partition coefficient (Wildman–Crippen LogP) is 8.17. The van der Waals surface area contributed by atoms with Crippen molar-refractivity contribution in [3.63, 3.8) is 0 Å². The Morgan fingerprint density at radius 3 is 2.38 bits per heavy atom. The van der Waals surface area contributed by atoms with Crippen molar-refractivity contribution in [2.24, 2.45) is 5.92 Å². The molecule has 0 spiro atoms. The maximum Gasteiger partial charge on any atom is 0.349 e. The van der Waals surface area contributed by atoms with Crippen molar-refractivity contribution in [1.29, 1.82) is 5.26 Å². The summed E-state index contributed by atoms with van der Waals surface area (Å²) < 4.78 is 38.2. The van der Waals surface area contributed by atoms with Crippen molar-refractivity contribution < 1.29 is 32.3 Å². The second kappa shape index (κ2) is 13.5. The van der Waals surface area contributed by atoms with Crippen LogP contribution in [-0.4, -0.2) is 30.2 Å². The van der Waals surface area contributed by atoms with Gasteiger partial charge in [-0.3, -0.25) is 0 Å². The van der Waals surface area contributed by atoms with Gasteiger partial charge in [0.15, 0.2) is 0 Å². The van der Waals surface area contributed by atoms with Crippen LogP contribution in [0.2, 0.25) is 0 Å². The standard InChI is InChI=1S/C37H39NO7S2/c1-24-20-33(30(36(2,3)4)21-32(24)45-47(42,43)29-16-12-26(23-38)13-17-29)46-34-31(40)22-37(44-35(34)41,27-8-6-5-7-9-27)19-18-25-10-14-28(39)15-11-25/h6,8,10-17,20-21,27,39-40H,5,7,9,18-19,22H2,1-4H3. The third-order valence-electron chi connectivity index (χ3n) is 8.68. The Labute approximate surface area is 280 Å². The molecule has 3 aromatic carbocycles. The van der Waals surface area contributed by atoms with Crippen LogP contribution >= 0.6 is 11.8 Å². The van der Waals surface area contributed by atoms with Gasteiger partial charge in [-0.1, -0.05) is 56.8 Å². The van der Waals surface area contributed by atoms with Gasteiger partial charge in [0.25, 0.3) is 0 Å². The molecule has 2 N–H and O–H groups in total. The molecule has 1 aliphatic heterocycles. The van der Waals surface area contributed by atoms with E-state index in [1.165, 1.54) is 24.3 Å². The van der Waals surface area contributed by atoms with Crippen LogP contribution in [0.5, 0.6) is 11.5 Å². The van der Waals surface area contributed by atoms with Gasteiger partial charge in [-0.25, -0.2) is 4.79 Å². The van der Waals surface area contributed by atoms with E-state index in [1.807, 2.05) is 39.0 Å². The summed E-state index contributed by atoms with van der Waals surface area (Å²) in [6.45, 7) is 7.63. The van der Waals surface area contributed by atoms with Gasteiger partial charge in [-0.2, -0.15) is 13.7 Å². The molecule has 0 aromatic heterocycles. The number of ether oxygens (including phenoxy) is 1. The van der Waals surface area contributed by atoms with Gasteiger partial charge in [-0.05, 0) is 110 Å². The highest BCUT2D eigenvalue weighted by molar-refractivity contribution is 8.04. The second-order valence-corrected chi connectivity index (χ2v) is 15.8. The molecular weight excluding hydrogens is 635 g/mol. The number of aliphatic hydroxyl groups is 1. The van der Waals surface area contributed by atoms with Crippen molar-refractivity contribution in [3.8, 4) is 17.6 Å². The molecule has 10 heteroatoms. The number of cyclic esters (lactones) is 1. The van der Waals surface area contributed by atoms with Gasteiger partial charge in [0.05, 0.1) is 11.6 Å². The Balaban J connectivity index is 1.45. The second-order valence-electron chi connectivity index (χ2n) is 13.2. The number of aryl methyl sites for hydroxylation is 2. The van der Waals surface area contributed by atoms with Crippen LogP contribution in [0.15, 0.2) is 93.3 Å². The SMILES string of the molecule is Cc1cc(SC2=C(O)CC(CCc3ccc(O)cc3)(C3C=CCCC3)OC2=O)c(C(C)(C)C)cc1OS(=O)(=O)c1ccc(C#N)cc1. The molecule has 2 atom stereocenters. The monoisotopic (exact) mass is 673 g/mol. The highest BCUT2D eigenvalue weighted by atomic mass is 32.2. The lowest BCUT2D eigenvalue weighted by Gasteiger charge is -2.43. The highest BCUT2D eigenvalue weighted by Crippen LogP contribution is 2.48. The van der Waals surface area contributed by atoms with Crippen LogP contribution in [0.3, 0.4) is 0 Å². The maximum absolute atomic E-state index is 13.8. The average molecular weight is 674 g/mol. The number of rotatable bonds is 9. The summed E-state index contributed by atoms with van der Waals surface area (Å²) in [5.74, 6) is -0.345. The Hall–Kier alpha value is -4.20. The molecule has 47 heavy (non-hydrogen) atoms. The van der Waals surface area contributed by atoms with Crippen LogP contribution in [-0.2, 0) is 31.5 Å². The third kappa shape index (κ3) is 7.69. The number of hydrogen-bond donors (Lipinski definition) is 2. The van der Waals surface area contributed by atoms with E-state index in [0.29, 0.717) is 28.9 Å². The minimum absolute atomic E-state index is 0.0304. The van der Waals surface area contributed by atoms with E-state index < -0.39 is 27.1 Å². The van der Waals surface area contributed by atoms with Crippen molar-refractivity contribution in [3.05, 3.63) is 106 Å². The summed E-state index contributed by atoms with van der Waals surface area (Å²) in [5.41, 5.74) is 1.18. The summed E-state index contributed by atoms with van der Waals surface area (Å²) in [7, 11) is -4.19. The van der Waals surface area contributed by atoms with Crippen molar-refractivity contribution in [1.82, 2.24) is 0 Å². The highest BCUT2D eigenvalue weighted by Gasteiger charge is 2.47. The number of aliphatic hydroxyl groups excluding tert-OH is 1. The van der Waals surface area contributed by atoms with Gasteiger partial charge in [0.1, 0.15) is 32.7 Å². The maximum atomic E-state index is 13.8. The molecule has 0 saturated carbocycles. The topological polar surface area (TPSA) is 134 Å². The molecule has 3 aromatic rings. The van der Waals surface area contributed by atoms with Crippen molar-refractivity contribution >= 4 is 27.8 Å². The minimum Gasteiger partial charge on any atom is -0.511 e. The number of benzene rings is 3. The molecule has 0 bridgehead atoms. The number of aromatic hydroxyl groups is 1. The lowest BCUT2D eigenvalue weighted by molar-refractivity contribution is -0.164. The average Bonchev–Trinajstić information content (AvgIpc) is 3.03. The molecule has 0 radical (unpaired) electrons. The molecule has 2 unspecified atom stereocenters. The van der Waals surface area contributed by atoms with E-state index in [4.69, 9.17) is 14.2 Å². The van der Waals surface area contributed by atoms with Gasteiger partial charge >= 0.3 is 16.1 Å². The van der Waals surface area contributed by atoms with Crippen LogP contribution in [0, 0.1) is 24.2 Å². The molecular formula is C37H39NO7S2. The summed E-state index contributed by atoms with van der Waals surface area (Å²) in [4.78, 5) is 14.5. The minimum atomic E-state index is -4.19. The number of thioether (sulfide) groups is 1. The number of phenolic OH excluding ortho intramolecular Hbond substituents is 1. The number of nitrogens with zero attached hydrogens (tertiary/aromatic N) is 1. The molecule has 0 saturated heterocycles. The van der Waals surface area contributed by atoms with E-state index in [2.05, 4.69) is 12.2 Å². The number of nitriles is 1. The number of esters is 1. The Morgan fingerprint density at radius 2 is 1.79 bits per heavy atom. The number of hydrogen-bond acceptors (Lipinski definition) is 9. The third-order valence-corrected chi connectivity index (χ3v) is 11.1. The zero-order chi connectivity index (χ0) is 34.0. The summed E-state index contributed by atoms with van der Waals surface area (Å²) in [6, 6.07) is 17.9. The quantitative estimate of drug-likeness (QED) is 0.131. The number of allylic oxidation sites excluding steroid dienone is 1. The largest absolute Gasteiger partial charge is 0.511 e. The first-order valence-corrected chi connectivity index (χ1v) is 17.8. The van der Waals surface area contributed by atoms with Crippen molar-refractivity contribution in [2.75, 3.05) is 0 Å². The number of phenols is 1. The Morgan fingerprint density at radius 1 is 1.09 bits per heavy atom. The first-order valence-electron chi connectivity index (χ1n) is 15.6. The predicted molar refractivity (Wildman–Crippen MR) is 181 cm³/mol. The lowest BCUT2D eigenvalue weighted by atomic mass is 9.74. The molecule has 1 aliphatic carbocycles. The Kier molecular flexibility index (Phi) is 9.81. The summed E-state index contributed by atoms with van der Waals surface area (Å²) >= 11 is 1.11. The molecule has 8 nitrogen and oxygen atoms in total.